The summed E-state index contributed by atoms with van der Waals surface area (Å²) in [5.41, 5.74) is 0.887. The Kier molecular flexibility index (Phi) is 5.50. The Morgan fingerprint density at radius 2 is 2.15 bits per heavy atom. The van der Waals surface area contributed by atoms with Gasteiger partial charge in [0.25, 0.3) is 0 Å². The van der Waals surface area contributed by atoms with E-state index in [-0.39, 0.29) is 53.8 Å². The van der Waals surface area contributed by atoms with Crippen molar-refractivity contribution in [3.8, 4) is 0 Å². The predicted octanol–water partition coefficient (Wildman–Crippen LogP) is 0.872. The van der Waals surface area contributed by atoms with Crippen molar-refractivity contribution < 1.29 is 53.8 Å². The molecule has 0 amide bonds. The summed E-state index contributed by atoms with van der Waals surface area (Å²) in [7, 11) is 1.91. The summed E-state index contributed by atoms with van der Waals surface area (Å²) in [5.74, 6) is 0.743. The summed E-state index contributed by atoms with van der Waals surface area (Å²) in [5, 5.41) is 0.915. The first-order chi connectivity index (χ1) is 5.27. The van der Waals surface area contributed by atoms with Crippen LogP contribution in [0.3, 0.4) is 0 Å². The van der Waals surface area contributed by atoms with E-state index in [1.807, 2.05) is 24.6 Å². The van der Waals surface area contributed by atoms with Gasteiger partial charge in [0.15, 0.2) is 0 Å². The van der Waals surface area contributed by atoms with E-state index < -0.39 is 0 Å². The summed E-state index contributed by atoms with van der Waals surface area (Å²) in [6.07, 6.45) is 5.86. The number of aromatic nitrogens is 3. The Bertz CT molecular complexity index is 399. The van der Waals surface area contributed by atoms with Crippen LogP contribution in [-0.4, -0.2) is 14.5 Å². The molecule has 2 rings (SSSR count). The molecule has 2 heterocycles. The SMILES string of the molecule is Cc1n[c-]c2c[c-]n(C)c2n1.[W].[Y]. The Labute approximate surface area is 116 Å². The molecule has 0 aliphatic heterocycles. The largest absolute Gasteiger partial charge is 0.463 e. The van der Waals surface area contributed by atoms with Gasteiger partial charge in [-0.2, -0.15) is 6.20 Å². The summed E-state index contributed by atoms with van der Waals surface area (Å²) >= 11 is 0. The van der Waals surface area contributed by atoms with Gasteiger partial charge >= 0.3 is 0 Å². The Morgan fingerprint density at radius 1 is 1.46 bits per heavy atom. The van der Waals surface area contributed by atoms with Crippen molar-refractivity contribution in [2.45, 2.75) is 6.92 Å². The number of rotatable bonds is 0. The minimum absolute atomic E-state index is 0. The van der Waals surface area contributed by atoms with Crippen molar-refractivity contribution in [1.29, 1.82) is 0 Å². The van der Waals surface area contributed by atoms with E-state index in [2.05, 4.69) is 22.4 Å². The molecule has 0 atom stereocenters. The molecule has 13 heavy (non-hydrogen) atoms. The number of hydrogen-bond acceptors (Lipinski definition) is 2. The first-order valence-electron chi connectivity index (χ1n) is 3.37. The topological polar surface area (TPSA) is 30.7 Å². The molecule has 5 heteroatoms. The van der Waals surface area contributed by atoms with E-state index in [1.54, 1.807) is 0 Å². The monoisotopic (exact) mass is 418 g/mol. The van der Waals surface area contributed by atoms with Crippen LogP contribution in [0.2, 0.25) is 0 Å². The van der Waals surface area contributed by atoms with Gasteiger partial charge in [0, 0.05) is 59.6 Å². The van der Waals surface area contributed by atoms with Crippen LogP contribution in [0.15, 0.2) is 6.07 Å². The molecular formula is C8H7N3WY-2. The van der Waals surface area contributed by atoms with Crippen molar-refractivity contribution in [2.75, 3.05) is 0 Å². The number of fused-ring (bicyclic) bond motifs is 1. The van der Waals surface area contributed by atoms with Gasteiger partial charge in [-0.1, -0.05) is 0 Å². The standard InChI is InChI=1S/C8H7N3.W.Y/c1-6-9-5-7-3-4-11(2)8(7)10-6;;/h3H,1-2H3;;/q-2;;. The second-order valence-corrected chi connectivity index (χ2v) is 2.45. The van der Waals surface area contributed by atoms with Crippen LogP contribution < -0.4 is 0 Å². The molecule has 0 N–H and O–H groups in total. The molecule has 0 saturated carbocycles. The minimum atomic E-state index is 0. The predicted molar refractivity (Wildman–Crippen MR) is 40.9 cm³/mol. The molecule has 0 saturated heterocycles. The molecule has 0 bridgehead atoms. The maximum atomic E-state index is 4.22. The molecular weight excluding hydrogens is 411 g/mol. The number of hydrogen-bond donors (Lipinski definition) is 0. The van der Waals surface area contributed by atoms with E-state index in [4.69, 9.17) is 0 Å². The van der Waals surface area contributed by atoms with Gasteiger partial charge in [0.05, 0.1) is 0 Å². The molecule has 0 fully saturated rings. The summed E-state index contributed by atoms with van der Waals surface area (Å²) in [6, 6.07) is 1.83. The molecule has 65 valence electrons. The number of aryl methyl sites for hydroxylation is 2. The quantitative estimate of drug-likeness (QED) is 0.596. The molecule has 0 aliphatic rings. The van der Waals surface area contributed by atoms with Crippen molar-refractivity contribution in [2.24, 2.45) is 7.05 Å². The molecule has 2 aromatic rings. The van der Waals surface area contributed by atoms with E-state index in [1.165, 1.54) is 0 Å². The van der Waals surface area contributed by atoms with Gasteiger partial charge < -0.3 is 14.5 Å². The van der Waals surface area contributed by atoms with Gasteiger partial charge in [-0.15, -0.1) is 6.20 Å². The van der Waals surface area contributed by atoms with Crippen LogP contribution in [0.1, 0.15) is 5.82 Å². The Morgan fingerprint density at radius 3 is 2.85 bits per heavy atom. The Hall–Kier alpha value is 0.412. The first kappa shape index (κ1) is 13.4. The molecule has 2 aromatic heterocycles. The fourth-order valence-electron chi connectivity index (χ4n) is 1.00. The second kappa shape index (κ2) is 5.33. The average molecular weight is 418 g/mol. The third-order valence-corrected chi connectivity index (χ3v) is 1.57. The Balaban J connectivity index is 0.000000720. The maximum Gasteiger partial charge on any atom is 0.0365 e. The van der Waals surface area contributed by atoms with Crippen molar-refractivity contribution >= 4 is 11.0 Å². The van der Waals surface area contributed by atoms with Gasteiger partial charge in [0.2, 0.25) is 0 Å². The first-order valence-corrected chi connectivity index (χ1v) is 3.37. The molecule has 0 unspecified atom stereocenters. The van der Waals surface area contributed by atoms with E-state index >= 15 is 0 Å². The third kappa shape index (κ3) is 2.68. The minimum Gasteiger partial charge on any atom is -0.463 e. The van der Waals surface area contributed by atoms with E-state index in [0.29, 0.717) is 0 Å². The number of nitrogens with zero attached hydrogens (tertiary/aromatic N) is 3. The smallest absolute Gasteiger partial charge is 0.0365 e. The average Bonchev–Trinajstić information content (AvgIpc) is 2.33. The van der Waals surface area contributed by atoms with Gasteiger partial charge in [-0.05, 0) is 19.6 Å². The second-order valence-electron chi connectivity index (χ2n) is 2.45. The normalized spacial score (nSPS) is 9.08. The zero-order valence-corrected chi connectivity index (χ0v) is 13.2. The molecule has 3 nitrogen and oxygen atoms in total. The van der Waals surface area contributed by atoms with E-state index in [0.717, 1.165) is 16.9 Å². The van der Waals surface area contributed by atoms with Crippen LogP contribution >= 0.6 is 0 Å². The van der Waals surface area contributed by atoms with Crippen molar-refractivity contribution in [3.05, 3.63) is 24.3 Å². The van der Waals surface area contributed by atoms with Gasteiger partial charge in [-0.25, -0.2) is 11.5 Å². The molecule has 0 aliphatic carbocycles. The fourth-order valence-corrected chi connectivity index (χ4v) is 1.00. The summed E-state index contributed by atoms with van der Waals surface area (Å²) in [4.78, 5) is 8.18. The van der Waals surface area contributed by atoms with Crippen LogP contribution in [0.25, 0.3) is 11.0 Å². The van der Waals surface area contributed by atoms with Gasteiger partial charge in [0.1, 0.15) is 0 Å². The third-order valence-electron chi connectivity index (χ3n) is 1.57. The summed E-state index contributed by atoms with van der Waals surface area (Å²) in [6.45, 7) is 1.85. The molecule has 1 radical (unpaired) electrons. The van der Waals surface area contributed by atoms with Crippen LogP contribution in [-0.2, 0) is 60.8 Å². The van der Waals surface area contributed by atoms with Crippen molar-refractivity contribution in [3.63, 3.8) is 0 Å². The van der Waals surface area contributed by atoms with Crippen LogP contribution in [0, 0.1) is 19.3 Å². The fraction of sp³-hybridized carbons (Fsp3) is 0.250. The van der Waals surface area contributed by atoms with E-state index in [9.17, 15) is 0 Å². The van der Waals surface area contributed by atoms with Crippen LogP contribution in [0.5, 0.6) is 0 Å². The molecule has 0 aromatic carbocycles. The zero-order chi connectivity index (χ0) is 7.84. The van der Waals surface area contributed by atoms with Crippen molar-refractivity contribution in [1.82, 2.24) is 14.5 Å². The van der Waals surface area contributed by atoms with Crippen LogP contribution in [0.4, 0.5) is 0 Å². The van der Waals surface area contributed by atoms with Gasteiger partial charge in [-0.3, -0.25) is 0 Å². The zero-order valence-electron chi connectivity index (χ0n) is 7.40. The maximum absolute atomic E-state index is 4.22. The summed E-state index contributed by atoms with van der Waals surface area (Å²) < 4.78 is 1.83. The molecule has 0 spiro atoms.